The Hall–Kier alpha value is -2.76. The first-order valence-electron chi connectivity index (χ1n) is 7.34. The Bertz CT molecular complexity index is 712. The van der Waals surface area contributed by atoms with Crippen molar-refractivity contribution >= 4 is 17.5 Å². The van der Waals surface area contributed by atoms with Crippen LogP contribution in [-0.4, -0.2) is 16.8 Å². The van der Waals surface area contributed by atoms with E-state index in [9.17, 15) is 14.0 Å². The number of pyridine rings is 1. The molecule has 0 atom stereocenters. The lowest BCUT2D eigenvalue weighted by Gasteiger charge is -2.15. The van der Waals surface area contributed by atoms with Crippen LogP contribution in [0.25, 0.3) is 0 Å². The number of rotatable bonds is 5. The van der Waals surface area contributed by atoms with Gasteiger partial charge in [-0.25, -0.2) is 4.39 Å². The van der Waals surface area contributed by atoms with Gasteiger partial charge in [-0.3, -0.25) is 14.6 Å². The Morgan fingerprint density at radius 2 is 1.70 bits per heavy atom. The smallest absolute Gasteiger partial charge is 0.240 e. The number of benzene rings is 1. The number of nitrogens with zero attached hydrogens (tertiary/aromatic N) is 1. The van der Waals surface area contributed by atoms with Crippen LogP contribution in [0.2, 0.25) is 0 Å². The molecule has 0 unspecified atom stereocenters. The molecule has 0 radical (unpaired) electrons. The largest absolute Gasteiger partial charge is 0.351 e. The topological polar surface area (TPSA) is 71.1 Å². The van der Waals surface area contributed by atoms with Gasteiger partial charge in [0.1, 0.15) is 11.2 Å². The molecule has 0 spiro atoms. The average molecular weight is 313 g/mol. The van der Waals surface area contributed by atoms with Crippen LogP contribution in [0.3, 0.4) is 0 Å². The van der Waals surface area contributed by atoms with E-state index in [1.54, 1.807) is 24.5 Å². The first-order valence-corrected chi connectivity index (χ1v) is 7.34. The van der Waals surface area contributed by atoms with Crippen LogP contribution in [0.15, 0.2) is 48.8 Å². The SMILES string of the molecule is O=C(NCc1ccncc1)C1(C(=O)Nc2ccc(F)cc2)CC1. The summed E-state index contributed by atoms with van der Waals surface area (Å²) in [7, 11) is 0. The highest BCUT2D eigenvalue weighted by molar-refractivity contribution is 6.13. The first kappa shape index (κ1) is 15.1. The summed E-state index contributed by atoms with van der Waals surface area (Å²) in [6, 6.07) is 9.07. The van der Waals surface area contributed by atoms with Crippen LogP contribution in [0.1, 0.15) is 18.4 Å². The molecule has 2 amide bonds. The van der Waals surface area contributed by atoms with Crippen molar-refractivity contribution in [2.45, 2.75) is 19.4 Å². The van der Waals surface area contributed by atoms with Gasteiger partial charge in [0.2, 0.25) is 11.8 Å². The fourth-order valence-electron chi connectivity index (χ4n) is 2.32. The molecule has 1 heterocycles. The standard InChI is InChI=1S/C17H16FN3O2/c18-13-1-3-14(4-2-13)21-16(23)17(7-8-17)15(22)20-11-12-5-9-19-10-6-12/h1-6,9-10H,7-8,11H2,(H,20,22)(H,21,23). The van der Waals surface area contributed by atoms with E-state index in [0.29, 0.717) is 25.1 Å². The molecule has 0 aliphatic heterocycles. The van der Waals surface area contributed by atoms with Gasteiger partial charge in [0, 0.05) is 24.6 Å². The van der Waals surface area contributed by atoms with Crippen molar-refractivity contribution < 1.29 is 14.0 Å². The summed E-state index contributed by atoms with van der Waals surface area (Å²) >= 11 is 0. The maximum atomic E-state index is 12.9. The monoisotopic (exact) mass is 313 g/mol. The third-order valence-corrected chi connectivity index (χ3v) is 3.92. The Balaban J connectivity index is 1.60. The molecular weight excluding hydrogens is 297 g/mol. The first-order chi connectivity index (χ1) is 11.1. The van der Waals surface area contributed by atoms with Gasteiger partial charge in [0.25, 0.3) is 0 Å². The minimum atomic E-state index is -1.01. The Labute approximate surface area is 132 Å². The van der Waals surface area contributed by atoms with Gasteiger partial charge < -0.3 is 10.6 Å². The third kappa shape index (κ3) is 3.36. The van der Waals surface area contributed by atoms with Crippen molar-refractivity contribution in [3.63, 3.8) is 0 Å². The van der Waals surface area contributed by atoms with Gasteiger partial charge in [-0.2, -0.15) is 0 Å². The summed E-state index contributed by atoms with van der Waals surface area (Å²) in [6.07, 6.45) is 4.33. The normalized spacial score (nSPS) is 14.8. The number of hydrogen-bond donors (Lipinski definition) is 2. The van der Waals surface area contributed by atoms with E-state index in [2.05, 4.69) is 15.6 Å². The summed E-state index contributed by atoms with van der Waals surface area (Å²) in [5, 5.41) is 5.46. The second kappa shape index (κ2) is 6.16. The molecule has 0 bridgehead atoms. The number of aromatic nitrogens is 1. The van der Waals surface area contributed by atoms with Crippen molar-refractivity contribution in [2.24, 2.45) is 5.41 Å². The molecule has 23 heavy (non-hydrogen) atoms. The van der Waals surface area contributed by atoms with Crippen LogP contribution < -0.4 is 10.6 Å². The predicted octanol–water partition coefficient (Wildman–Crippen LogP) is 2.26. The molecular formula is C17H16FN3O2. The molecule has 3 rings (SSSR count). The van der Waals surface area contributed by atoms with E-state index >= 15 is 0 Å². The third-order valence-electron chi connectivity index (χ3n) is 3.92. The minimum absolute atomic E-state index is 0.283. The Morgan fingerprint density at radius 1 is 1.04 bits per heavy atom. The second-order valence-electron chi connectivity index (χ2n) is 5.58. The molecule has 1 aliphatic rings. The van der Waals surface area contributed by atoms with Crippen LogP contribution in [0.4, 0.5) is 10.1 Å². The van der Waals surface area contributed by atoms with Gasteiger partial charge in [0.05, 0.1) is 0 Å². The zero-order valence-electron chi connectivity index (χ0n) is 12.4. The molecule has 1 fully saturated rings. The van der Waals surface area contributed by atoms with E-state index in [1.807, 2.05) is 0 Å². The number of hydrogen-bond acceptors (Lipinski definition) is 3. The van der Waals surface area contributed by atoms with Crippen LogP contribution in [0, 0.1) is 11.2 Å². The highest BCUT2D eigenvalue weighted by atomic mass is 19.1. The maximum Gasteiger partial charge on any atom is 0.240 e. The molecule has 1 aromatic heterocycles. The lowest BCUT2D eigenvalue weighted by molar-refractivity contribution is -0.134. The van der Waals surface area contributed by atoms with Crippen LogP contribution in [0.5, 0.6) is 0 Å². The van der Waals surface area contributed by atoms with Gasteiger partial charge in [0.15, 0.2) is 0 Å². The second-order valence-corrected chi connectivity index (χ2v) is 5.58. The number of halogens is 1. The summed E-state index contributed by atoms with van der Waals surface area (Å²) in [4.78, 5) is 28.6. The van der Waals surface area contributed by atoms with E-state index < -0.39 is 5.41 Å². The molecule has 1 aromatic carbocycles. The number of nitrogens with one attached hydrogen (secondary N) is 2. The van der Waals surface area contributed by atoms with E-state index in [4.69, 9.17) is 0 Å². The number of anilines is 1. The summed E-state index contributed by atoms with van der Waals surface area (Å²) in [6.45, 7) is 0.354. The summed E-state index contributed by atoms with van der Waals surface area (Å²) in [5.41, 5.74) is 0.384. The molecule has 1 aliphatic carbocycles. The molecule has 6 heteroatoms. The molecule has 118 valence electrons. The molecule has 0 saturated heterocycles. The van der Waals surface area contributed by atoms with Crippen molar-refractivity contribution in [1.29, 1.82) is 0 Å². The molecule has 2 aromatic rings. The Kier molecular flexibility index (Phi) is 4.06. The van der Waals surface area contributed by atoms with Gasteiger partial charge in [-0.05, 0) is 54.8 Å². The fourth-order valence-corrected chi connectivity index (χ4v) is 2.32. The van der Waals surface area contributed by atoms with Crippen molar-refractivity contribution in [3.05, 3.63) is 60.2 Å². The Morgan fingerprint density at radius 3 is 2.30 bits per heavy atom. The van der Waals surface area contributed by atoms with E-state index in [-0.39, 0.29) is 17.6 Å². The number of carbonyl (C=O) groups is 2. The fraction of sp³-hybridized carbons (Fsp3) is 0.235. The minimum Gasteiger partial charge on any atom is -0.351 e. The average Bonchev–Trinajstić information content (AvgIpc) is 3.38. The zero-order valence-corrected chi connectivity index (χ0v) is 12.4. The van der Waals surface area contributed by atoms with Crippen molar-refractivity contribution in [1.82, 2.24) is 10.3 Å². The highest BCUT2D eigenvalue weighted by Crippen LogP contribution is 2.46. The highest BCUT2D eigenvalue weighted by Gasteiger charge is 2.56. The van der Waals surface area contributed by atoms with Crippen LogP contribution >= 0.6 is 0 Å². The number of amides is 2. The van der Waals surface area contributed by atoms with Crippen molar-refractivity contribution in [3.8, 4) is 0 Å². The van der Waals surface area contributed by atoms with E-state index in [0.717, 1.165) is 5.56 Å². The number of carbonyl (C=O) groups excluding carboxylic acids is 2. The predicted molar refractivity (Wildman–Crippen MR) is 82.8 cm³/mol. The molecule has 1 saturated carbocycles. The van der Waals surface area contributed by atoms with Crippen LogP contribution in [-0.2, 0) is 16.1 Å². The summed E-state index contributed by atoms with van der Waals surface area (Å²) < 4.78 is 12.9. The molecule has 2 N–H and O–H groups in total. The summed E-state index contributed by atoms with van der Waals surface area (Å²) in [5.74, 6) is -1.01. The van der Waals surface area contributed by atoms with E-state index in [1.165, 1.54) is 24.3 Å². The lowest BCUT2D eigenvalue weighted by Crippen LogP contribution is -2.39. The van der Waals surface area contributed by atoms with Crippen molar-refractivity contribution in [2.75, 3.05) is 5.32 Å². The van der Waals surface area contributed by atoms with Gasteiger partial charge >= 0.3 is 0 Å². The molecule has 5 nitrogen and oxygen atoms in total. The quantitative estimate of drug-likeness (QED) is 0.832. The zero-order chi connectivity index (χ0) is 16.3. The lowest BCUT2D eigenvalue weighted by atomic mass is 10.0. The maximum absolute atomic E-state index is 12.9. The van der Waals surface area contributed by atoms with Gasteiger partial charge in [-0.15, -0.1) is 0 Å². The van der Waals surface area contributed by atoms with Gasteiger partial charge in [-0.1, -0.05) is 0 Å².